The van der Waals surface area contributed by atoms with E-state index in [-0.39, 0.29) is 17.9 Å². The molecule has 3 aliphatic rings. The van der Waals surface area contributed by atoms with Crippen LogP contribution in [0.3, 0.4) is 0 Å². The molecule has 1 N–H and O–H groups in total. The molecule has 128 valence electrons. The molecule has 6 nitrogen and oxygen atoms in total. The van der Waals surface area contributed by atoms with Crippen LogP contribution in [-0.2, 0) is 14.3 Å². The minimum Gasteiger partial charge on any atom is -0.379 e. The number of nitrogens with zero attached hydrogens (tertiary/aromatic N) is 2. The SMILES string of the molecule is O=C(C[C@@H]1C=CCC1)N[C@@H]1CC(=O)N(CCN2CCOCC2)C1. The highest BCUT2D eigenvalue weighted by atomic mass is 16.5. The Morgan fingerprint density at radius 1 is 1.30 bits per heavy atom. The molecule has 2 heterocycles. The summed E-state index contributed by atoms with van der Waals surface area (Å²) >= 11 is 0. The highest BCUT2D eigenvalue weighted by Crippen LogP contribution is 2.20. The molecular weight excluding hydrogens is 294 g/mol. The molecule has 3 rings (SSSR count). The summed E-state index contributed by atoms with van der Waals surface area (Å²) in [6.07, 6.45) is 7.42. The molecule has 0 aromatic rings. The van der Waals surface area contributed by atoms with Gasteiger partial charge in [-0.15, -0.1) is 0 Å². The van der Waals surface area contributed by atoms with Gasteiger partial charge in [0.25, 0.3) is 0 Å². The second-order valence-electron chi connectivity index (χ2n) is 6.73. The number of hydrogen-bond donors (Lipinski definition) is 1. The number of amides is 2. The molecule has 0 aromatic carbocycles. The lowest BCUT2D eigenvalue weighted by molar-refractivity contribution is -0.128. The predicted molar refractivity (Wildman–Crippen MR) is 86.9 cm³/mol. The fraction of sp³-hybridized carbons (Fsp3) is 0.765. The lowest BCUT2D eigenvalue weighted by Gasteiger charge is -2.28. The molecule has 23 heavy (non-hydrogen) atoms. The van der Waals surface area contributed by atoms with Crippen LogP contribution < -0.4 is 5.32 Å². The molecule has 0 radical (unpaired) electrons. The molecular formula is C17H27N3O3. The lowest BCUT2D eigenvalue weighted by atomic mass is 10.0. The third-order valence-electron chi connectivity index (χ3n) is 4.93. The van der Waals surface area contributed by atoms with Crippen LogP contribution in [0.1, 0.15) is 25.7 Å². The molecule has 0 saturated carbocycles. The number of carbonyl (C=O) groups excluding carboxylic acids is 2. The van der Waals surface area contributed by atoms with E-state index in [1.807, 2.05) is 4.90 Å². The van der Waals surface area contributed by atoms with E-state index in [1.165, 1.54) is 0 Å². The number of carbonyl (C=O) groups is 2. The molecule has 0 bridgehead atoms. The smallest absolute Gasteiger partial charge is 0.224 e. The van der Waals surface area contributed by atoms with Gasteiger partial charge < -0.3 is 15.0 Å². The van der Waals surface area contributed by atoms with Gasteiger partial charge in [0.05, 0.1) is 19.3 Å². The van der Waals surface area contributed by atoms with Crippen LogP contribution in [0.15, 0.2) is 12.2 Å². The predicted octanol–water partition coefficient (Wildman–Crippen LogP) is 0.392. The molecule has 2 aliphatic heterocycles. The van der Waals surface area contributed by atoms with Gasteiger partial charge in [-0.05, 0) is 18.8 Å². The maximum absolute atomic E-state index is 12.1. The minimum atomic E-state index is -0.0231. The number of allylic oxidation sites excluding steroid dienone is 2. The fourth-order valence-corrected chi connectivity index (χ4v) is 3.56. The standard InChI is InChI=1S/C17H27N3O3/c21-16(11-14-3-1-2-4-14)18-15-12-17(22)20(13-15)6-5-19-7-9-23-10-8-19/h1,3,14-15H,2,4-13H2,(H,18,21)/t14-,15-/m1/s1. The highest BCUT2D eigenvalue weighted by Gasteiger charge is 2.31. The summed E-state index contributed by atoms with van der Waals surface area (Å²) in [5.74, 6) is 0.614. The van der Waals surface area contributed by atoms with Gasteiger partial charge in [0.1, 0.15) is 0 Å². The van der Waals surface area contributed by atoms with Crippen LogP contribution >= 0.6 is 0 Å². The zero-order valence-corrected chi connectivity index (χ0v) is 13.7. The summed E-state index contributed by atoms with van der Waals surface area (Å²) in [5.41, 5.74) is 0. The molecule has 6 heteroatoms. The first-order valence-electron chi connectivity index (χ1n) is 8.74. The Kier molecular flexibility index (Phi) is 5.67. The van der Waals surface area contributed by atoms with Crippen molar-refractivity contribution in [1.82, 2.24) is 15.1 Å². The van der Waals surface area contributed by atoms with Gasteiger partial charge in [0.15, 0.2) is 0 Å². The Balaban J connectivity index is 1.38. The minimum absolute atomic E-state index is 0.0231. The molecule has 1 aliphatic carbocycles. The maximum atomic E-state index is 12.1. The van der Waals surface area contributed by atoms with Crippen LogP contribution in [0.25, 0.3) is 0 Å². The summed E-state index contributed by atoms with van der Waals surface area (Å²) in [6.45, 7) is 5.73. The number of ether oxygens (including phenoxy) is 1. The summed E-state index contributed by atoms with van der Waals surface area (Å²) in [4.78, 5) is 28.4. The van der Waals surface area contributed by atoms with Gasteiger partial charge in [-0.1, -0.05) is 12.2 Å². The van der Waals surface area contributed by atoms with Crippen molar-refractivity contribution in [2.45, 2.75) is 31.7 Å². The summed E-state index contributed by atoms with van der Waals surface area (Å²) in [5, 5.41) is 3.04. The normalized spacial score (nSPS) is 28.5. The first-order valence-corrected chi connectivity index (χ1v) is 8.74. The van der Waals surface area contributed by atoms with Crippen molar-refractivity contribution in [3.8, 4) is 0 Å². The number of nitrogens with one attached hydrogen (secondary N) is 1. The largest absolute Gasteiger partial charge is 0.379 e. The third-order valence-corrected chi connectivity index (χ3v) is 4.93. The van der Waals surface area contributed by atoms with Gasteiger partial charge in [-0.3, -0.25) is 14.5 Å². The number of hydrogen-bond acceptors (Lipinski definition) is 4. The molecule has 2 fully saturated rings. The lowest BCUT2D eigenvalue weighted by Crippen LogP contribution is -2.43. The van der Waals surface area contributed by atoms with Crippen LogP contribution in [0.4, 0.5) is 0 Å². The van der Waals surface area contributed by atoms with E-state index in [4.69, 9.17) is 4.74 Å². The van der Waals surface area contributed by atoms with Gasteiger partial charge in [-0.2, -0.15) is 0 Å². The molecule has 2 saturated heterocycles. The van der Waals surface area contributed by atoms with Crippen molar-refractivity contribution >= 4 is 11.8 Å². The van der Waals surface area contributed by atoms with E-state index in [2.05, 4.69) is 22.4 Å². The molecule has 0 unspecified atom stereocenters. The van der Waals surface area contributed by atoms with Crippen LogP contribution in [0, 0.1) is 5.92 Å². The van der Waals surface area contributed by atoms with Crippen molar-refractivity contribution < 1.29 is 14.3 Å². The quantitative estimate of drug-likeness (QED) is 0.719. The van der Waals surface area contributed by atoms with Crippen LogP contribution in [0.2, 0.25) is 0 Å². The Morgan fingerprint density at radius 2 is 2.13 bits per heavy atom. The average molecular weight is 321 g/mol. The summed E-state index contributed by atoms with van der Waals surface area (Å²) in [7, 11) is 0. The van der Waals surface area contributed by atoms with Gasteiger partial charge in [0.2, 0.25) is 11.8 Å². The van der Waals surface area contributed by atoms with E-state index in [0.29, 0.717) is 25.3 Å². The van der Waals surface area contributed by atoms with Crippen LogP contribution in [-0.4, -0.2) is 73.6 Å². The Labute approximate surface area is 137 Å². The Bertz CT molecular complexity index is 460. The maximum Gasteiger partial charge on any atom is 0.224 e. The first kappa shape index (κ1) is 16.5. The third kappa shape index (κ3) is 4.78. The van der Waals surface area contributed by atoms with Crippen LogP contribution in [0.5, 0.6) is 0 Å². The van der Waals surface area contributed by atoms with E-state index >= 15 is 0 Å². The fourth-order valence-electron chi connectivity index (χ4n) is 3.56. The zero-order chi connectivity index (χ0) is 16.1. The van der Waals surface area contributed by atoms with Gasteiger partial charge in [0, 0.05) is 45.6 Å². The van der Waals surface area contributed by atoms with Crippen molar-refractivity contribution in [3.63, 3.8) is 0 Å². The second-order valence-corrected chi connectivity index (χ2v) is 6.73. The monoisotopic (exact) mass is 321 g/mol. The van der Waals surface area contributed by atoms with Gasteiger partial charge in [-0.25, -0.2) is 0 Å². The topological polar surface area (TPSA) is 61.9 Å². The number of morpholine rings is 1. The number of likely N-dealkylation sites (tertiary alicyclic amines) is 1. The molecule has 2 atom stereocenters. The second kappa shape index (κ2) is 7.93. The first-order chi connectivity index (χ1) is 11.2. The van der Waals surface area contributed by atoms with Crippen molar-refractivity contribution in [1.29, 1.82) is 0 Å². The Morgan fingerprint density at radius 3 is 2.87 bits per heavy atom. The van der Waals surface area contributed by atoms with Crippen molar-refractivity contribution in [2.24, 2.45) is 5.92 Å². The van der Waals surface area contributed by atoms with Crippen molar-refractivity contribution in [2.75, 3.05) is 45.9 Å². The van der Waals surface area contributed by atoms with E-state index in [1.54, 1.807) is 0 Å². The highest BCUT2D eigenvalue weighted by molar-refractivity contribution is 5.82. The van der Waals surface area contributed by atoms with E-state index in [9.17, 15) is 9.59 Å². The van der Waals surface area contributed by atoms with E-state index < -0.39 is 0 Å². The van der Waals surface area contributed by atoms with E-state index in [0.717, 1.165) is 52.2 Å². The Hall–Kier alpha value is -1.40. The molecule has 0 aromatic heterocycles. The molecule has 2 amide bonds. The van der Waals surface area contributed by atoms with Crippen molar-refractivity contribution in [3.05, 3.63) is 12.2 Å². The summed E-state index contributed by atoms with van der Waals surface area (Å²) < 4.78 is 5.33. The average Bonchev–Trinajstić information content (AvgIpc) is 3.16. The summed E-state index contributed by atoms with van der Waals surface area (Å²) in [6, 6.07) is -0.0231. The number of rotatable bonds is 6. The molecule has 0 spiro atoms. The zero-order valence-electron chi connectivity index (χ0n) is 13.7. The van der Waals surface area contributed by atoms with Gasteiger partial charge >= 0.3 is 0 Å².